The van der Waals surface area contributed by atoms with Crippen LogP contribution in [0.15, 0.2) is 41.3 Å². The molecule has 0 unspecified atom stereocenters. The number of hydrogen-bond acceptors (Lipinski definition) is 8. The van der Waals surface area contributed by atoms with Gasteiger partial charge in [-0.3, -0.25) is 10.1 Å². The van der Waals surface area contributed by atoms with Crippen LogP contribution in [-0.2, 0) is 9.84 Å². The van der Waals surface area contributed by atoms with Gasteiger partial charge < -0.3 is 19.7 Å². The van der Waals surface area contributed by atoms with Crippen LogP contribution in [0.2, 0.25) is 0 Å². The molecule has 29 heavy (non-hydrogen) atoms. The summed E-state index contributed by atoms with van der Waals surface area (Å²) >= 11 is 0. The summed E-state index contributed by atoms with van der Waals surface area (Å²) in [6.07, 6.45) is 1.01. The fourth-order valence-corrected chi connectivity index (χ4v) is 3.55. The number of nitrogens with zero attached hydrogens (tertiary/aromatic N) is 2. The molecule has 0 amide bonds. The van der Waals surface area contributed by atoms with Gasteiger partial charge in [0.05, 0.1) is 30.1 Å². The maximum absolute atomic E-state index is 11.7. The van der Waals surface area contributed by atoms with Gasteiger partial charge in [-0.05, 0) is 43.9 Å². The number of nitro benzene ring substituents is 1. The lowest BCUT2D eigenvalue weighted by Crippen LogP contribution is -2.27. The van der Waals surface area contributed by atoms with Gasteiger partial charge >= 0.3 is 0 Å². The third kappa shape index (κ3) is 5.36. The van der Waals surface area contributed by atoms with Crippen LogP contribution in [0.5, 0.6) is 11.5 Å². The van der Waals surface area contributed by atoms with Gasteiger partial charge in [0.2, 0.25) is 0 Å². The number of sulfone groups is 1. The van der Waals surface area contributed by atoms with E-state index >= 15 is 0 Å². The normalized spacial score (nSPS) is 12.5. The molecular formula is C19H25N3O6S. The topological polar surface area (TPSA) is 111 Å². The SMILES string of the molecule is COc1ccc([C@H](CNc2ccc(S(C)(=O)=O)cc2[N+](=O)[O-])N(C)C)cc1OC. The highest BCUT2D eigenvalue weighted by Crippen LogP contribution is 2.33. The Morgan fingerprint density at radius 2 is 1.76 bits per heavy atom. The van der Waals surface area contributed by atoms with Gasteiger partial charge in [0.1, 0.15) is 5.69 Å². The highest BCUT2D eigenvalue weighted by atomic mass is 32.2. The van der Waals surface area contributed by atoms with E-state index in [4.69, 9.17) is 9.47 Å². The smallest absolute Gasteiger partial charge is 0.293 e. The van der Waals surface area contributed by atoms with Crippen molar-refractivity contribution in [3.8, 4) is 11.5 Å². The zero-order valence-electron chi connectivity index (χ0n) is 17.0. The first-order valence-corrected chi connectivity index (χ1v) is 10.6. The monoisotopic (exact) mass is 423 g/mol. The number of hydrogen-bond donors (Lipinski definition) is 1. The standard InChI is InChI=1S/C19H25N3O6S/c1-21(2)17(13-6-9-18(27-3)19(10-13)28-4)12-20-15-8-7-14(29(5,25)26)11-16(15)22(23)24/h6-11,17,20H,12H2,1-5H3/t17-/m0/s1. The van der Waals surface area contributed by atoms with Crippen molar-refractivity contribution >= 4 is 21.2 Å². The van der Waals surface area contributed by atoms with Crippen LogP contribution in [-0.4, -0.2) is 59.4 Å². The molecule has 0 radical (unpaired) electrons. The summed E-state index contributed by atoms with van der Waals surface area (Å²) in [5, 5.41) is 14.5. The molecule has 0 saturated carbocycles. The van der Waals surface area contributed by atoms with Crippen molar-refractivity contribution in [2.45, 2.75) is 10.9 Å². The first kappa shape index (κ1) is 22.4. The quantitative estimate of drug-likeness (QED) is 0.484. The average Bonchev–Trinajstić information content (AvgIpc) is 2.66. The Balaban J connectivity index is 2.33. The summed E-state index contributed by atoms with van der Waals surface area (Å²) in [5.41, 5.74) is 0.878. The molecule has 1 atom stereocenters. The number of methoxy groups -OCH3 is 2. The Hall–Kier alpha value is -2.85. The first-order chi connectivity index (χ1) is 13.6. The van der Waals surface area contributed by atoms with Crippen LogP contribution in [0.1, 0.15) is 11.6 Å². The third-order valence-electron chi connectivity index (χ3n) is 4.50. The molecule has 2 aromatic carbocycles. The average molecular weight is 423 g/mol. The zero-order valence-corrected chi connectivity index (χ0v) is 17.8. The molecule has 0 aliphatic carbocycles. The molecule has 2 rings (SSSR count). The molecule has 0 fully saturated rings. The maximum Gasteiger partial charge on any atom is 0.293 e. The number of anilines is 1. The molecule has 0 aliphatic heterocycles. The van der Waals surface area contributed by atoms with Gasteiger partial charge in [0.15, 0.2) is 21.3 Å². The molecule has 0 aliphatic rings. The fourth-order valence-electron chi connectivity index (χ4n) is 2.91. The Morgan fingerprint density at radius 3 is 2.28 bits per heavy atom. The second kappa shape index (κ2) is 9.10. The lowest BCUT2D eigenvalue weighted by atomic mass is 10.0. The van der Waals surface area contributed by atoms with Gasteiger partial charge in [0.25, 0.3) is 5.69 Å². The Kier molecular flexibility index (Phi) is 7.04. The molecule has 1 N–H and O–H groups in total. The van der Waals surface area contributed by atoms with Crippen LogP contribution in [0.25, 0.3) is 0 Å². The number of rotatable bonds is 9. The van der Waals surface area contributed by atoms with Gasteiger partial charge in [0, 0.05) is 18.9 Å². The Bertz CT molecular complexity index is 991. The van der Waals surface area contributed by atoms with Crippen molar-refractivity contribution in [3.05, 3.63) is 52.1 Å². The van der Waals surface area contributed by atoms with Gasteiger partial charge in [-0.15, -0.1) is 0 Å². The van der Waals surface area contributed by atoms with E-state index in [0.29, 0.717) is 18.0 Å². The van der Waals surface area contributed by atoms with Crippen LogP contribution in [0.4, 0.5) is 11.4 Å². The molecule has 0 saturated heterocycles. The molecule has 158 valence electrons. The minimum Gasteiger partial charge on any atom is -0.493 e. The van der Waals surface area contributed by atoms with Crippen molar-refractivity contribution in [1.29, 1.82) is 0 Å². The van der Waals surface area contributed by atoms with Crippen molar-refractivity contribution in [2.24, 2.45) is 0 Å². The van der Waals surface area contributed by atoms with Crippen molar-refractivity contribution in [3.63, 3.8) is 0 Å². The van der Waals surface area contributed by atoms with Crippen LogP contribution < -0.4 is 14.8 Å². The number of benzene rings is 2. The summed E-state index contributed by atoms with van der Waals surface area (Å²) in [6.45, 7) is 0.349. The van der Waals surface area contributed by atoms with E-state index in [9.17, 15) is 18.5 Å². The second-order valence-electron chi connectivity index (χ2n) is 6.68. The molecule has 10 heteroatoms. The van der Waals surface area contributed by atoms with E-state index in [2.05, 4.69) is 5.32 Å². The molecular weight excluding hydrogens is 398 g/mol. The lowest BCUT2D eigenvalue weighted by molar-refractivity contribution is -0.384. The van der Waals surface area contributed by atoms with Gasteiger partial charge in [-0.25, -0.2) is 8.42 Å². The second-order valence-corrected chi connectivity index (χ2v) is 8.70. The molecule has 0 heterocycles. The minimum absolute atomic E-state index is 0.0983. The van der Waals surface area contributed by atoms with Crippen LogP contribution >= 0.6 is 0 Å². The molecule has 0 spiro atoms. The van der Waals surface area contributed by atoms with E-state index in [1.165, 1.54) is 12.1 Å². The molecule has 2 aromatic rings. The lowest BCUT2D eigenvalue weighted by Gasteiger charge is -2.26. The highest BCUT2D eigenvalue weighted by Gasteiger charge is 2.21. The van der Waals surface area contributed by atoms with Crippen molar-refractivity contribution < 1.29 is 22.8 Å². The van der Waals surface area contributed by atoms with E-state index in [1.54, 1.807) is 20.3 Å². The van der Waals surface area contributed by atoms with Gasteiger partial charge in [-0.2, -0.15) is 0 Å². The van der Waals surface area contributed by atoms with Gasteiger partial charge in [-0.1, -0.05) is 6.07 Å². The number of nitro groups is 1. The third-order valence-corrected chi connectivity index (χ3v) is 5.61. The molecule has 9 nitrogen and oxygen atoms in total. The fraction of sp³-hybridized carbons (Fsp3) is 0.368. The van der Waals surface area contributed by atoms with Crippen molar-refractivity contribution in [2.75, 3.05) is 46.4 Å². The minimum atomic E-state index is -3.54. The summed E-state index contributed by atoms with van der Waals surface area (Å²) < 4.78 is 34.0. The first-order valence-electron chi connectivity index (χ1n) is 8.69. The predicted octanol–water partition coefficient (Wildman–Crippen LogP) is 2.73. The summed E-state index contributed by atoms with van der Waals surface area (Å²) in [5.74, 6) is 1.19. The summed E-state index contributed by atoms with van der Waals surface area (Å²) in [7, 11) is 3.35. The van der Waals surface area contributed by atoms with E-state index in [0.717, 1.165) is 17.9 Å². The summed E-state index contributed by atoms with van der Waals surface area (Å²) in [4.78, 5) is 12.7. The molecule has 0 aromatic heterocycles. The maximum atomic E-state index is 11.7. The van der Waals surface area contributed by atoms with Crippen LogP contribution in [0, 0.1) is 10.1 Å². The molecule has 0 bridgehead atoms. The Morgan fingerprint density at radius 1 is 1.10 bits per heavy atom. The van der Waals surface area contributed by atoms with E-state index < -0.39 is 14.8 Å². The predicted molar refractivity (Wildman–Crippen MR) is 111 cm³/mol. The highest BCUT2D eigenvalue weighted by molar-refractivity contribution is 7.90. The van der Waals surface area contributed by atoms with E-state index in [1.807, 2.05) is 31.1 Å². The zero-order chi connectivity index (χ0) is 21.8. The summed E-state index contributed by atoms with van der Waals surface area (Å²) in [6, 6.07) is 9.25. The van der Waals surface area contributed by atoms with Crippen molar-refractivity contribution in [1.82, 2.24) is 4.90 Å². The number of ether oxygens (including phenoxy) is 2. The largest absolute Gasteiger partial charge is 0.493 e. The Labute approximate surface area is 170 Å². The number of likely N-dealkylation sites (N-methyl/N-ethyl adjacent to an activating group) is 1. The van der Waals surface area contributed by atoms with E-state index in [-0.39, 0.29) is 22.3 Å². The number of nitrogens with one attached hydrogen (secondary N) is 1. The van der Waals surface area contributed by atoms with Crippen LogP contribution in [0.3, 0.4) is 0 Å².